The summed E-state index contributed by atoms with van der Waals surface area (Å²) >= 11 is 0. The molecule has 0 bridgehead atoms. The zero-order valence-corrected chi connectivity index (χ0v) is 10.6. The number of rotatable bonds is 4. The van der Waals surface area contributed by atoms with Crippen LogP contribution in [0.5, 0.6) is 0 Å². The summed E-state index contributed by atoms with van der Waals surface area (Å²) in [6.07, 6.45) is 3.06. The standard InChI is InChI=1S/C16H18N2/c1-12(16-8-4-5-9-17-16)18-11-14-10-13-6-2-3-7-15(13)14/h2-9,12,14,18H,10-11H2,1H3/t12-,14?/m0/s1. The summed E-state index contributed by atoms with van der Waals surface area (Å²) in [6.45, 7) is 3.21. The minimum atomic E-state index is 0.318. The molecule has 2 nitrogen and oxygen atoms in total. The number of fused-ring (bicyclic) bond motifs is 1. The fraction of sp³-hybridized carbons (Fsp3) is 0.312. The molecule has 1 heterocycles. The van der Waals surface area contributed by atoms with Crippen LogP contribution in [0.2, 0.25) is 0 Å². The van der Waals surface area contributed by atoms with Crippen molar-refractivity contribution in [1.82, 2.24) is 10.3 Å². The first kappa shape index (κ1) is 11.4. The minimum absolute atomic E-state index is 0.318. The number of aromatic nitrogens is 1. The van der Waals surface area contributed by atoms with Gasteiger partial charge < -0.3 is 5.32 Å². The molecule has 1 aromatic heterocycles. The average Bonchev–Trinajstić information content (AvgIpc) is 2.40. The molecule has 2 heteroatoms. The van der Waals surface area contributed by atoms with Gasteiger partial charge in [0.1, 0.15) is 0 Å². The van der Waals surface area contributed by atoms with Crippen LogP contribution < -0.4 is 5.32 Å². The van der Waals surface area contributed by atoms with Crippen molar-refractivity contribution in [3.63, 3.8) is 0 Å². The highest BCUT2D eigenvalue weighted by Gasteiger charge is 2.25. The third kappa shape index (κ3) is 2.16. The van der Waals surface area contributed by atoms with Crippen LogP contribution in [0.4, 0.5) is 0 Å². The van der Waals surface area contributed by atoms with Gasteiger partial charge in [0, 0.05) is 24.7 Å². The molecule has 2 atom stereocenters. The van der Waals surface area contributed by atoms with E-state index >= 15 is 0 Å². The highest BCUT2D eigenvalue weighted by Crippen LogP contribution is 2.34. The van der Waals surface area contributed by atoms with E-state index in [1.165, 1.54) is 17.5 Å². The fourth-order valence-corrected chi connectivity index (χ4v) is 2.60. The zero-order valence-electron chi connectivity index (χ0n) is 10.6. The topological polar surface area (TPSA) is 24.9 Å². The summed E-state index contributed by atoms with van der Waals surface area (Å²) in [5, 5.41) is 3.58. The Morgan fingerprint density at radius 3 is 2.83 bits per heavy atom. The molecule has 1 unspecified atom stereocenters. The van der Waals surface area contributed by atoms with Gasteiger partial charge in [-0.2, -0.15) is 0 Å². The van der Waals surface area contributed by atoms with E-state index in [9.17, 15) is 0 Å². The van der Waals surface area contributed by atoms with Gasteiger partial charge in [-0.1, -0.05) is 30.3 Å². The van der Waals surface area contributed by atoms with E-state index in [0.717, 1.165) is 12.2 Å². The lowest BCUT2D eigenvalue weighted by Crippen LogP contribution is -2.31. The van der Waals surface area contributed by atoms with Crippen LogP contribution in [0.3, 0.4) is 0 Å². The van der Waals surface area contributed by atoms with Crippen molar-refractivity contribution in [2.75, 3.05) is 6.54 Å². The van der Waals surface area contributed by atoms with E-state index in [4.69, 9.17) is 0 Å². The average molecular weight is 238 g/mol. The number of benzene rings is 1. The van der Waals surface area contributed by atoms with Gasteiger partial charge in [-0.15, -0.1) is 0 Å². The Hall–Kier alpha value is -1.67. The van der Waals surface area contributed by atoms with Crippen molar-refractivity contribution in [3.8, 4) is 0 Å². The van der Waals surface area contributed by atoms with Gasteiger partial charge in [-0.25, -0.2) is 0 Å². The summed E-state index contributed by atoms with van der Waals surface area (Å²) in [6, 6.07) is 15.1. The first-order valence-corrected chi connectivity index (χ1v) is 6.56. The molecule has 3 rings (SSSR count). The third-order valence-corrected chi connectivity index (χ3v) is 3.76. The van der Waals surface area contributed by atoms with E-state index in [1.54, 1.807) is 0 Å². The molecule has 1 aliphatic rings. The van der Waals surface area contributed by atoms with Crippen molar-refractivity contribution >= 4 is 0 Å². The Morgan fingerprint density at radius 1 is 1.22 bits per heavy atom. The van der Waals surface area contributed by atoms with Gasteiger partial charge in [0.25, 0.3) is 0 Å². The van der Waals surface area contributed by atoms with E-state index < -0.39 is 0 Å². The number of pyridine rings is 1. The molecule has 0 spiro atoms. The van der Waals surface area contributed by atoms with E-state index in [1.807, 2.05) is 18.3 Å². The maximum Gasteiger partial charge on any atom is 0.0570 e. The number of nitrogens with one attached hydrogen (secondary N) is 1. The number of hydrogen-bond donors (Lipinski definition) is 1. The quantitative estimate of drug-likeness (QED) is 0.885. The molecule has 0 saturated heterocycles. The van der Waals surface area contributed by atoms with Crippen molar-refractivity contribution in [1.29, 1.82) is 0 Å². The van der Waals surface area contributed by atoms with Gasteiger partial charge in [-0.3, -0.25) is 4.98 Å². The van der Waals surface area contributed by atoms with E-state index in [2.05, 4.69) is 47.6 Å². The highest BCUT2D eigenvalue weighted by atomic mass is 14.9. The molecule has 92 valence electrons. The first-order chi connectivity index (χ1) is 8.84. The first-order valence-electron chi connectivity index (χ1n) is 6.56. The van der Waals surface area contributed by atoms with Crippen LogP contribution >= 0.6 is 0 Å². The normalized spacial score (nSPS) is 18.8. The Balaban J connectivity index is 1.58. The summed E-state index contributed by atoms with van der Waals surface area (Å²) in [5.74, 6) is 0.673. The molecule has 0 aliphatic heterocycles. The Morgan fingerprint density at radius 2 is 2.06 bits per heavy atom. The summed E-state index contributed by atoms with van der Waals surface area (Å²) in [5.41, 5.74) is 4.14. The third-order valence-electron chi connectivity index (χ3n) is 3.76. The second-order valence-electron chi connectivity index (χ2n) is 4.98. The number of nitrogens with zero attached hydrogens (tertiary/aromatic N) is 1. The molecular formula is C16H18N2. The molecular weight excluding hydrogens is 220 g/mol. The summed E-state index contributed by atoms with van der Waals surface area (Å²) < 4.78 is 0. The second kappa shape index (κ2) is 4.91. The minimum Gasteiger partial charge on any atom is -0.308 e. The largest absolute Gasteiger partial charge is 0.308 e. The van der Waals surface area contributed by atoms with Crippen molar-refractivity contribution in [2.24, 2.45) is 0 Å². The SMILES string of the molecule is C[C@H](NCC1Cc2ccccc21)c1ccccn1. The van der Waals surface area contributed by atoms with Crippen LogP contribution in [-0.4, -0.2) is 11.5 Å². The molecule has 1 aliphatic carbocycles. The fourth-order valence-electron chi connectivity index (χ4n) is 2.60. The molecule has 18 heavy (non-hydrogen) atoms. The van der Waals surface area contributed by atoms with Gasteiger partial charge >= 0.3 is 0 Å². The van der Waals surface area contributed by atoms with E-state index in [-0.39, 0.29) is 0 Å². The molecule has 0 radical (unpaired) electrons. The van der Waals surface area contributed by atoms with Crippen molar-refractivity contribution in [3.05, 3.63) is 65.5 Å². The highest BCUT2D eigenvalue weighted by molar-refractivity contribution is 5.40. The van der Waals surface area contributed by atoms with Crippen molar-refractivity contribution in [2.45, 2.75) is 25.3 Å². The zero-order chi connectivity index (χ0) is 12.4. The smallest absolute Gasteiger partial charge is 0.0570 e. The molecule has 1 N–H and O–H groups in total. The lowest BCUT2D eigenvalue weighted by atomic mass is 9.77. The monoisotopic (exact) mass is 238 g/mol. The summed E-state index contributed by atoms with van der Waals surface area (Å²) in [7, 11) is 0. The molecule has 2 aromatic rings. The van der Waals surface area contributed by atoms with Gasteiger partial charge in [0.15, 0.2) is 0 Å². The van der Waals surface area contributed by atoms with Crippen LogP contribution in [-0.2, 0) is 6.42 Å². The van der Waals surface area contributed by atoms with E-state index in [0.29, 0.717) is 12.0 Å². The number of hydrogen-bond acceptors (Lipinski definition) is 2. The van der Waals surface area contributed by atoms with Gasteiger partial charge in [-0.05, 0) is 36.6 Å². The summed E-state index contributed by atoms with van der Waals surface area (Å²) in [4.78, 5) is 4.38. The van der Waals surface area contributed by atoms with Crippen LogP contribution in [0.25, 0.3) is 0 Å². The Bertz CT molecular complexity index is 520. The molecule has 1 aromatic carbocycles. The molecule has 0 saturated carbocycles. The van der Waals surface area contributed by atoms with Crippen LogP contribution in [0.15, 0.2) is 48.7 Å². The predicted octanol–water partition coefficient (Wildman–Crippen LogP) is 3.07. The lowest BCUT2D eigenvalue weighted by molar-refractivity contribution is 0.483. The molecule has 0 amide bonds. The molecule has 0 fully saturated rings. The maximum absolute atomic E-state index is 4.38. The second-order valence-corrected chi connectivity index (χ2v) is 4.98. The van der Waals surface area contributed by atoms with Crippen molar-refractivity contribution < 1.29 is 0 Å². The van der Waals surface area contributed by atoms with Crippen LogP contribution in [0, 0.1) is 0 Å². The maximum atomic E-state index is 4.38. The Kier molecular flexibility index (Phi) is 3.11. The predicted molar refractivity (Wildman–Crippen MR) is 73.5 cm³/mol. The lowest BCUT2D eigenvalue weighted by Gasteiger charge is -2.31. The van der Waals surface area contributed by atoms with Gasteiger partial charge in [0.05, 0.1) is 5.69 Å². The van der Waals surface area contributed by atoms with Gasteiger partial charge in [0.2, 0.25) is 0 Å². The Labute approximate surface area is 108 Å². The van der Waals surface area contributed by atoms with Crippen LogP contribution in [0.1, 0.15) is 35.7 Å².